The van der Waals surface area contributed by atoms with Crippen molar-refractivity contribution < 1.29 is 9.53 Å². The molecule has 2 aliphatic rings. The Morgan fingerprint density at radius 3 is 3.11 bits per heavy atom. The van der Waals surface area contributed by atoms with E-state index in [-0.39, 0.29) is 23.5 Å². The molecule has 1 aromatic heterocycles. The summed E-state index contributed by atoms with van der Waals surface area (Å²) < 4.78 is 5.00. The minimum absolute atomic E-state index is 0.0294. The van der Waals surface area contributed by atoms with Crippen LogP contribution in [0.2, 0.25) is 0 Å². The maximum atomic E-state index is 11.4. The van der Waals surface area contributed by atoms with E-state index in [2.05, 4.69) is 9.97 Å². The third-order valence-corrected chi connectivity index (χ3v) is 3.33. The molecular weight excluding hydrogens is 248 g/mol. The number of nitrogen functional groups attached to an aromatic ring is 1. The maximum Gasteiger partial charge on any atom is 0.410 e. The van der Waals surface area contributed by atoms with Gasteiger partial charge in [0.2, 0.25) is 5.95 Å². The molecule has 98 valence electrons. The first-order valence-corrected chi connectivity index (χ1v) is 5.90. The van der Waals surface area contributed by atoms with Crippen molar-refractivity contribution in [3.63, 3.8) is 0 Å². The van der Waals surface area contributed by atoms with Gasteiger partial charge in [-0.1, -0.05) is 0 Å². The molecule has 2 aliphatic heterocycles. The number of carbonyl (C=O) groups is 1. The first-order valence-electron chi connectivity index (χ1n) is 5.90. The minimum atomic E-state index is -0.259. The number of piperazine rings is 1. The van der Waals surface area contributed by atoms with Crippen molar-refractivity contribution in [1.82, 2.24) is 14.9 Å². The maximum absolute atomic E-state index is 11.4. The molecule has 1 atom stereocenters. The second-order valence-electron chi connectivity index (χ2n) is 4.45. The number of nitrogens with zero attached hydrogens (tertiary/aromatic N) is 5. The highest BCUT2D eigenvalue weighted by molar-refractivity contribution is 5.70. The van der Waals surface area contributed by atoms with E-state index in [1.807, 2.05) is 11.0 Å². The second kappa shape index (κ2) is 4.28. The van der Waals surface area contributed by atoms with Gasteiger partial charge in [0, 0.05) is 19.6 Å². The number of nitrogens with two attached hydrogens (primary N) is 1. The van der Waals surface area contributed by atoms with Crippen LogP contribution in [0.15, 0.2) is 6.20 Å². The van der Waals surface area contributed by atoms with Gasteiger partial charge < -0.3 is 15.4 Å². The Morgan fingerprint density at radius 2 is 2.37 bits per heavy atom. The number of hydrogen-bond acceptors (Lipinski definition) is 7. The summed E-state index contributed by atoms with van der Waals surface area (Å²) in [5.41, 5.74) is 5.94. The predicted octanol–water partition coefficient (Wildman–Crippen LogP) is -0.429. The van der Waals surface area contributed by atoms with Gasteiger partial charge in [-0.15, -0.1) is 0 Å². The molecule has 0 aromatic carbocycles. The molecule has 0 bridgehead atoms. The molecule has 1 aromatic rings. The molecule has 0 aliphatic carbocycles. The summed E-state index contributed by atoms with van der Waals surface area (Å²) >= 11 is 0. The van der Waals surface area contributed by atoms with Crippen LogP contribution in [-0.4, -0.2) is 53.2 Å². The van der Waals surface area contributed by atoms with Gasteiger partial charge in [0.05, 0.1) is 12.2 Å². The quantitative estimate of drug-likeness (QED) is 0.729. The van der Waals surface area contributed by atoms with E-state index in [9.17, 15) is 4.79 Å². The van der Waals surface area contributed by atoms with E-state index >= 15 is 0 Å². The number of fused-ring (bicyclic) bond motifs is 1. The summed E-state index contributed by atoms with van der Waals surface area (Å²) in [6, 6.07) is 1.96. The van der Waals surface area contributed by atoms with E-state index in [4.69, 9.17) is 15.7 Å². The topological polar surface area (TPSA) is 108 Å². The number of hydrogen-bond donors (Lipinski definition) is 1. The van der Waals surface area contributed by atoms with Gasteiger partial charge in [0.15, 0.2) is 0 Å². The molecule has 0 radical (unpaired) electrons. The van der Waals surface area contributed by atoms with E-state index in [1.54, 1.807) is 4.90 Å². The zero-order chi connectivity index (χ0) is 13.4. The number of ether oxygens (including phenoxy) is 1. The third kappa shape index (κ3) is 1.89. The number of rotatable bonds is 1. The van der Waals surface area contributed by atoms with Crippen molar-refractivity contribution in [1.29, 1.82) is 5.26 Å². The summed E-state index contributed by atoms with van der Waals surface area (Å²) in [5.74, 6) is 0.657. The molecule has 2 N–H and O–H groups in total. The fourth-order valence-corrected chi connectivity index (χ4v) is 2.29. The zero-order valence-corrected chi connectivity index (χ0v) is 10.1. The van der Waals surface area contributed by atoms with E-state index in [0.29, 0.717) is 32.2 Å². The normalized spacial score (nSPS) is 21.8. The Bertz CT molecular complexity index is 569. The highest BCUT2D eigenvalue weighted by Gasteiger charge is 2.38. The van der Waals surface area contributed by atoms with Crippen molar-refractivity contribution in [3.8, 4) is 6.07 Å². The van der Waals surface area contributed by atoms with Crippen LogP contribution >= 0.6 is 0 Å². The van der Waals surface area contributed by atoms with Crippen LogP contribution in [0, 0.1) is 11.3 Å². The predicted molar refractivity (Wildman–Crippen MR) is 65.2 cm³/mol. The van der Waals surface area contributed by atoms with Gasteiger partial charge in [0.1, 0.15) is 24.1 Å². The molecule has 3 rings (SSSR count). The molecule has 0 saturated carbocycles. The van der Waals surface area contributed by atoms with Crippen LogP contribution in [0.1, 0.15) is 5.56 Å². The van der Waals surface area contributed by atoms with Crippen LogP contribution in [0.5, 0.6) is 0 Å². The third-order valence-electron chi connectivity index (χ3n) is 3.33. The Labute approximate surface area is 109 Å². The van der Waals surface area contributed by atoms with Gasteiger partial charge in [0.25, 0.3) is 0 Å². The Kier molecular flexibility index (Phi) is 2.59. The Balaban J connectivity index is 1.79. The molecule has 1 amide bonds. The van der Waals surface area contributed by atoms with Crippen molar-refractivity contribution in [2.24, 2.45) is 0 Å². The highest BCUT2D eigenvalue weighted by Crippen LogP contribution is 2.21. The summed E-state index contributed by atoms with van der Waals surface area (Å²) in [6.07, 6.45) is 1.16. The number of aromatic nitrogens is 2. The molecule has 0 spiro atoms. The fourth-order valence-electron chi connectivity index (χ4n) is 2.29. The lowest BCUT2D eigenvalue weighted by molar-refractivity contribution is 0.157. The molecule has 8 heteroatoms. The van der Waals surface area contributed by atoms with Crippen molar-refractivity contribution >= 4 is 17.9 Å². The lowest BCUT2D eigenvalue weighted by Gasteiger charge is -2.35. The van der Waals surface area contributed by atoms with Crippen LogP contribution < -0.4 is 10.6 Å². The van der Waals surface area contributed by atoms with Crippen molar-refractivity contribution in [3.05, 3.63) is 11.8 Å². The monoisotopic (exact) mass is 260 g/mol. The Hall–Kier alpha value is -2.56. The van der Waals surface area contributed by atoms with Crippen LogP contribution in [0.4, 0.5) is 16.6 Å². The number of anilines is 2. The molecule has 8 nitrogen and oxygen atoms in total. The SMILES string of the molecule is N#Cc1cnc(N2CCN3C(=O)OC[C@@H]3C2)nc1N. The number of carbonyl (C=O) groups excluding carboxylic acids is 1. The smallest absolute Gasteiger partial charge is 0.410 e. The van der Waals surface area contributed by atoms with Crippen molar-refractivity contribution in [2.45, 2.75) is 6.04 Å². The van der Waals surface area contributed by atoms with Crippen LogP contribution in [-0.2, 0) is 4.74 Å². The molecule has 19 heavy (non-hydrogen) atoms. The van der Waals surface area contributed by atoms with Crippen LogP contribution in [0.3, 0.4) is 0 Å². The number of amides is 1. The molecule has 0 unspecified atom stereocenters. The Morgan fingerprint density at radius 1 is 1.53 bits per heavy atom. The molecule has 2 fully saturated rings. The molecule has 3 heterocycles. The van der Waals surface area contributed by atoms with E-state index < -0.39 is 0 Å². The number of cyclic esters (lactones) is 1. The average molecular weight is 260 g/mol. The highest BCUT2D eigenvalue weighted by atomic mass is 16.6. The summed E-state index contributed by atoms with van der Waals surface area (Å²) in [6.45, 7) is 2.20. The molecular formula is C11H12N6O2. The zero-order valence-electron chi connectivity index (χ0n) is 10.1. The first-order chi connectivity index (χ1) is 9.19. The first kappa shape index (κ1) is 11.5. The second-order valence-corrected chi connectivity index (χ2v) is 4.45. The summed E-state index contributed by atoms with van der Waals surface area (Å²) in [5, 5.41) is 8.79. The van der Waals surface area contributed by atoms with Crippen LogP contribution in [0.25, 0.3) is 0 Å². The lowest BCUT2D eigenvalue weighted by atomic mass is 10.2. The van der Waals surface area contributed by atoms with Gasteiger partial charge in [-0.25, -0.2) is 9.78 Å². The van der Waals surface area contributed by atoms with Gasteiger partial charge in [-0.3, -0.25) is 4.90 Å². The summed E-state index contributed by atoms with van der Waals surface area (Å²) in [4.78, 5) is 23.3. The van der Waals surface area contributed by atoms with E-state index in [0.717, 1.165) is 0 Å². The lowest BCUT2D eigenvalue weighted by Crippen LogP contribution is -2.52. The van der Waals surface area contributed by atoms with Gasteiger partial charge >= 0.3 is 6.09 Å². The molecule has 2 saturated heterocycles. The van der Waals surface area contributed by atoms with Crippen molar-refractivity contribution in [2.75, 3.05) is 36.9 Å². The van der Waals surface area contributed by atoms with Gasteiger partial charge in [-0.05, 0) is 0 Å². The number of nitriles is 1. The largest absolute Gasteiger partial charge is 0.447 e. The standard InChI is InChI=1S/C11H12N6O2/c12-3-7-4-14-10(15-9(7)13)16-1-2-17-8(5-16)6-19-11(17)18/h4,8H,1-2,5-6H2,(H2,13,14,15)/t8-/m0/s1. The fraction of sp³-hybridized carbons (Fsp3) is 0.455. The van der Waals surface area contributed by atoms with Gasteiger partial charge in [-0.2, -0.15) is 10.2 Å². The average Bonchev–Trinajstić information content (AvgIpc) is 2.80. The summed E-state index contributed by atoms with van der Waals surface area (Å²) in [7, 11) is 0. The van der Waals surface area contributed by atoms with E-state index in [1.165, 1.54) is 6.20 Å². The minimum Gasteiger partial charge on any atom is -0.447 e.